The summed E-state index contributed by atoms with van der Waals surface area (Å²) < 4.78 is 32.0. The largest absolute Gasteiger partial charge is 0.385 e. The Morgan fingerprint density at radius 1 is 1.17 bits per heavy atom. The molecule has 0 fully saturated rings. The summed E-state index contributed by atoms with van der Waals surface area (Å²) in [5.74, 6) is 0.251. The highest BCUT2D eigenvalue weighted by Gasteiger charge is 2.15. The van der Waals surface area contributed by atoms with Crippen LogP contribution in [0, 0.1) is 0 Å². The van der Waals surface area contributed by atoms with Crippen LogP contribution < -0.4 is 4.18 Å². The van der Waals surface area contributed by atoms with Gasteiger partial charge in [0.2, 0.25) is 0 Å². The summed E-state index contributed by atoms with van der Waals surface area (Å²) in [6.07, 6.45) is 1.74. The molecule has 0 atom stereocenters. The predicted molar refractivity (Wildman–Crippen MR) is 87.9 cm³/mol. The average molecular weight is 344 g/mol. The Bertz CT molecular complexity index is 599. The Labute approximate surface area is 137 Å². The molecule has 1 rings (SSSR count). The number of carbonyl (C=O) groups excluding carboxylic acids is 1. The lowest BCUT2D eigenvalue weighted by Gasteiger charge is -2.26. The van der Waals surface area contributed by atoms with Crippen LogP contribution in [0.5, 0.6) is 5.75 Å². The molecular weight excluding hydrogens is 320 g/mol. The molecule has 1 aromatic carbocycles. The third-order valence-electron chi connectivity index (χ3n) is 2.97. The van der Waals surface area contributed by atoms with E-state index >= 15 is 0 Å². The number of urea groups is 1. The molecule has 0 bridgehead atoms. The average Bonchev–Trinajstić information content (AvgIpc) is 2.46. The summed E-state index contributed by atoms with van der Waals surface area (Å²) in [5.41, 5.74) is 0.887. The second-order valence-electron chi connectivity index (χ2n) is 5.38. The van der Waals surface area contributed by atoms with Crippen LogP contribution in [0.15, 0.2) is 24.3 Å². The van der Waals surface area contributed by atoms with Crippen molar-refractivity contribution in [2.75, 3.05) is 40.6 Å². The summed E-state index contributed by atoms with van der Waals surface area (Å²) in [6, 6.07) is 6.55. The second kappa shape index (κ2) is 8.73. The van der Waals surface area contributed by atoms with Gasteiger partial charge in [-0.05, 0) is 24.1 Å². The van der Waals surface area contributed by atoms with Gasteiger partial charge < -0.3 is 18.7 Å². The monoisotopic (exact) mass is 344 g/mol. The van der Waals surface area contributed by atoms with Gasteiger partial charge >= 0.3 is 16.1 Å². The molecular formula is C15H24N2O5S. The standard InChI is InChI=1S/C15H24N2O5S/c1-16(2)15(18)17(10-5-11-21-3)12-13-6-8-14(9-7-13)22-23(4,19)20/h6-9H,5,10-12H2,1-4H3. The lowest BCUT2D eigenvalue weighted by atomic mass is 10.2. The van der Waals surface area contributed by atoms with Crippen LogP contribution in [-0.2, 0) is 21.4 Å². The molecule has 0 unspecified atom stereocenters. The van der Waals surface area contributed by atoms with Gasteiger partial charge in [-0.15, -0.1) is 0 Å². The maximum absolute atomic E-state index is 12.2. The molecule has 8 heteroatoms. The molecule has 2 amide bonds. The van der Waals surface area contributed by atoms with Gasteiger partial charge in [0.1, 0.15) is 5.75 Å². The lowest BCUT2D eigenvalue weighted by Crippen LogP contribution is -2.39. The topological polar surface area (TPSA) is 76.1 Å². The van der Waals surface area contributed by atoms with E-state index in [-0.39, 0.29) is 11.8 Å². The predicted octanol–water partition coefficient (Wildman–Crippen LogP) is 1.55. The van der Waals surface area contributed by atoms with Crippen molar-refractivity contribution < 1.29 is 22.1 Å². The number of hydrogen-bond donors (Lipinski definition) is 0. The highest BCUT2D eigenvalue weighted by molar-refractivity contribution is 7.86. The first kappa shape index (κ1) is 19.2. The molecule has 7 nitrogen and oxygen atoms in total. The Morgan fingerprint density at radius 2 is 1.78 bits per heavy atom. The fraction of sp³-hybridized carbons (Fsp3) is 0.533. The van der Waals surface area contributed by atoms with E-state index in [2.05, 4.69) is 0 Å². The fourth-order valence-electron chi connectivity index (χ4n) is 1.97. The van der Waals surface area contributed by atoms with Crippen molar-refractivity contribution in [1.82, 2.24) is 9.80 Å². The maximum atomic E-state index is 12.2. The SMILES string of the molecule is COCCCN(Cc1ccc(OS(C)(=O)=O)cc1)C(=O)N(C)C. The molecule has 0 saturated heterocycles. The molecule has 0 radical (unpaired) electrons. The highest BCUT2D eigenvalue weighted by Crippen LogP contribution is 2.16. The summed E-state index contributed by atoms with van der Waals surface area (Å²) in [6.45, 7) is 1.59. The lowest BCUT2D eigenvalue weighted by molar-refractivity contribution is 0.150. The first-order chi connectivity index (χ1) is 10.7. The normalized spacial score (nSPS) is 11.1. The van der Waals surface area contributed by atoms with Crippen LogP contribution in [0.2, 0.25) is 0 Å². The van der Waals surface area contributed by atoms with Gasteiger partial charge in [-0.3, -0.25) is 0 Å². The molecule has 0 saturated carbocycles. The van der Waals surface area contributed by atoms with Crippen molar-refractivity contribution in [2.24, 2.45) is 0 Å². The van der Waals surface area contributed by atoms with Gasteiger partial charge in [0.15, 0.2) is 0 Å². The summed E-state index contributed by atoms with van der Waals surface area (Å²) in [5, 5.41) is 0. The van der Waals surface area contributed by atoms with Crippen LogP contribution in [-0.4, -0.2) is 64.9 Å². The van der Waals surface area contributed by atoms with Crippen LogP contribution in [0.1, 0.15) is 12.0 Å². The molecule has 130 valence electrons. The van der Waals surface area contributed by atoms with Gasteiger partial charge in [0, 0.05) is 40.9 Å². The summed E-state index contributed by atoms with van der Waals surface area (Å²) >= 11 is 0. The molecule has 0 aliphatic heterocycles. The number of hydrogen-bond acceptors (Lipinski definition) is 5. The van der Waals surface area contributed by atoms with E-state index < -0.39 is 10.1 Å². The number of methoxy groups -OCH3 is 1. The first-order valence-electron chi connectivity index (χ1n) is 7.16. The van der Waals surface area contributed by atoms with E-state index in [1.54, 1.807) is 50.4 Å². The number of benzene rings is 1. The Kier molecular flexibility index (Phi) is 7.31. The molecule has 0 spiro atoms. The Hall–Kier alpha value is -1.80. The van der Waals surface area contributed by atoms with Gasteiger partial charge in [-0.1, -0.05) is 12.1 Å². The Balaban J connectivity index is 2.76. The third-order valence-corrected chi connectivity index (χ3v) is 3.47. The molecule has 0 aromatic heterocycles. The smallest absolute Gasteiger partial charge is 0.319 e. The number of rotatable bonds is 8. The number of amides is 2. The van der Waals surface area contributed by atoms with Crippen molar-refractivity contribution in [3.63, 3.8) is 0 Å². The molecule has 0 aliphatic rings. The van der Waals surface area contributed by atoms with Gasteiger partial charge in [0.25, 0.3) is 0 Å². The molecule has 23 heavy (non-hydrogen) atoms. The van der Waals surface area contributed by atoms with Crippen LogP contribution in [0.25, 0.3) is 0 Å². The minimum Gasteiger partial charge on any atom is -0.385 e. The molecule has 0 aliphatic carbocycles. The fourth-order valence-corrected chi connectivity index (χ4v) is 2.43. The zero-order valence-corrected chi connectivity index (χ0v) is 14.8. The number of ether oxygens (including phenoxy) is 1. The van der Waals surface area contributed by atoms with E-state index in [4.69, 9.17) is 8.92 Å². The van der Waals surface area contributed by atoms with Crippen molar-refractivity contribution in [3.05, 3.63) is 29.8 Å². The van der Waals surface area contributed by atoms with Crippen LogP contribution in [0.3, 0.4) is 0 Å². The van der Waals surface area contributed by atoms with Crippen LogP contribution >= 0.6 is 0 Å². The third kappa shape index (κ3) is 7.34. The van der Waals surface area contributed by atoms with E-state index in [1.165, 1.54) is 4.90 Å². The van der Waals surface area contributed by atoms with E-state index in [9.17, 15) is 13.2 Å². The van der Waals surface area contributed by atoms with E-state index in [0.29, 0.717) is 19.7 Å². The first-order valence-corrected chi connectivity index (χ1v) is 8.98. The van der Waals surface area contributed by atoms with Crippen molar-refractivity contribution in [1.29, 1.82) is 0 Å². The summed E-state index contributed by atoms with van der Waals surface area (Å²) in [7, 11) is 1.49. The van der Waals surface area contributed by atoms with Crippen molar-refractivity contribution in [3.8, 4) is 5.75 Å². The van der Waals surface area contributed by atoms with Gasteiger partial charge in [-0.2, -0.15) is 8.42 Å². The number of carbonyl (C=O) groups is 1. The van der Waals surface area contributed by atoms with Gasteiger partial charge in [0.05, 0.1) is 6.26 Å². The van der Waals surface area contributed by atoms with Crippen molar-refractivity contribution in [2.45, 2.75) is 13.0 Å². The molecule has 1 aromatic rings. The zero-order chi connectivity index (χ0) is 17.5. The maximum Gasteiger partial charge on any atom is 0.319 e. The summed E-state index contributed by atoms with van der Waals surface area (Å²) in [4.78, 5) is 15.4. The molecule has 0 N–H and O–H groups in total. The van der Waals surface area contributed by atoms with Crippen molar-refractivity contribution >= 4 is 16.1 Å². The Morgan fingerprint density at radius 3 is 2.26 bits per heavy atom. The quantitative estimate of drug-likeness (QED) is 0.528. The van der Waals surface area contributed by atoms with E-state index in [1.807, 2.05) is 0 Å². The molecule has 0 heterocycles. The van der Waals surface area contributed by atoms with E-state index in [0.717, 1.165) is 18.2 Å². The minimum atomic E-state index is -3.54. The van der Waals surface area contributed by atoms with Gasteiger partial charge in [-0.25, -0.2) is 4.79 Å². The number of nitrogens with zero attached hydrogens (tertiary/aromatic N) is 2. The highest BCUT2D eigenvalue weighted by atomic mass is 32.2. The zero-order valence-electron chi connectivity index (χ0n) is 14.0. The van der Waals surface area contributed by atoms with Crippen LogP contribution in [0.4, 0.5) is 4.79 Å². The second-order valence-corrected chi connectivity index (χ2v) is 6.95. The minimum absolute atomic E-state index is 0.0856.